The van der Waals surface area contributed by atoms with E-state index in [1.807, 2.05) is 12.1 Å². The van der Waals surface area contributed by atoms with Gasteiger partial charge in [-0.25, -0.2) is 0 Å². The van der Waals surface area contributed by atoms with Gasteiger partial charge in [0.1, 0.15) is 5.75 Å². The van der Waals surface area contributed by atoms with Gasteiger partial charge < -0.3 is 4.74 Å². The first-order chi connectivity index (χ1) is 8.79. The zero-order valence-electron chi connectivity index (χ0n) is 11.1. The van der Waals surface area contributed by atoms with Gasteiger partial charge in [-0.15, -0.1) is 0 Å². The Morgan fingerprint density at radius 2 is 2.00 bits per heavy atom. The van der Waals surface area contributed by atoms with Gasteiger partial charge in [0.25, 0.3) is 0 Å². The summed E-state index contributed by atoms with van der Waals surface area (Å²) in [6, 6.07) is 6.17. The van der Waals surface area contributed by atoms with E-state index in [1.54, 1.807) is 7.11 Å². The maximum atomic E-state index is 5.25. The van der Waals surface area contributed by atoms with Gasteiger partial charge in [0.15, 0.2) is 0 Å². The third kappa shape index (κ3) is 1.86. The summed E-state index contributed by atoms with van der Waals surface area (Å²) >= 11 is 0. The highest BCUT2D eigenvalue weighted by Gasteiger charge is 2.20. The van der Waals surface area contributed by atoms with Crippen molar-refractivity contribution in [1.82, 2.24) is 4.98 Å². The fourth-order valence-corrected chi connectivity index (χ4v) is 3.10. The number of hydrogen-bond donors (Lipinski definition) is 0. The van der Waals surface area contributed by atoms with E-state index in [0.29, 0.717) is 0 Å². The van der Waals surface area contributed by atoms with E-state index in [1.165, 1.54) is 42.2 Å². The van der Waals surface area contributed by atoms with Crippen LogP contribution in [0.4, 0.5) is 0 Å². The first kappa shape index (κ1) is 11.5. The molecule has 2 heteroatoms. The maximum Gasteiger partial charge on any atom is 0.121 e. The summed E-state index contributed by atoms with van der Waals surface area (Å²) in [7, 11) is 1.70. The van der Waals surface area contributed by atoms with E-state index in [-0.39, 0.29) is 0 Å². The van der Waals surface area contributed by atoms with E-state index in [0.717, 1.165) is 17.2 Å². The van der Waals surface area contributed by atoms with E-state index in [9.17, 15) is 0 Å². The van der Waals surface area contributed by atoms with Gasteiger partial charge >= 0.3 is 0 Å². The number of aryl methyl sites for hydroxylation is 1. The van der Waals surface area contributed by atoms with Crippen LogP contribution in [-0.4, -0.2) is 12.1 Å². The lowest BCUT2D eigenvalue weighted by Gasteiger charge is -2.14. The Balaban J connectivity index is 2.10. The average Bonchev–Trinajstić information content (AvgIpc) is 2.92. The van der Waals surface area contributed by atoms with Crippen molar-refractivity contribution in [3.63, 3.8) is 0 Å². The predicted octanol–water partition coefficient (Wildman–Crippen LogP) is 4.21. The molecule has 2 aromatic rings. The zero-order valence-corrected chi connectivity index (χ0v) is 11.1. The van der Waals surface area contributed by atoms with E-state index in [4.69, 9.17) is 4.74 Å². The van der Waals surface area contributed by atoms with Crippen molar-refractivity contribution in [2.24, 2.45) is 0 Å². The summed E-state index contributed by atoms with van der Waals surface area (Å²) in [6.07, 6.45) is 7.46. The fourth-order valence-electron chi connectivity index (χ4n) is 3.10. The van der Waals surface area contributed by atoms with Crippen LogP contribution in [0, 0.1) is 6.92 Å². The minimum atomic E-state index is 0.726. The molecule has 0 aliphatic heterocycles. The lowest BCUT2D eigenvalue weighted by atomic mass is 9.93. The molecule has 1 fully saturated rings. The number of methoxy groups -OCH3 is 1. The Hall–Kier alpha value is -1.57. The number of ether oxygens (including phenoxy) is 1. The van der Waals surface area contributed by atoms with Crippen LogP contribution in [0.25, 0.3) is 10.9 Å². The molecule has 1 aromatic heterocycles. The maximum absolute atomic E-state index is 5.25. The largest absolute Gasteiger partial charge is 0.497 e. The standard InChI is InChI=1S/C16H19NO/c1-11-14-8-7-13(18-2)9-16(14)17-10-15(11)12-5-3-4-6-12/h7-10,12H,3-6H2,1-2H3. The van der Waals surface area contributed by atoms with Crippen LogP contribution in [0.1, 0.15) is 42.7 Å². The fraction of sp³-hybridized carbons (Fsp3) is 0.438. The predicted molar refractivity (Wildman–Crippen MR) is 74.2 cm³/mol. The van der Waals surface area contributed by atoms with Crippen molar-refractivity contribution in [2.45, 2.75) is 38.5 Å². The molecule has 1 saturated carbocycles. The Labute approximate surface area is 108 Å². The van der Waals surface area contributed by atoms with Crippen LogP contribution in [0.3, 0.4) is 0 Å². The van der Waals surface area contributed by atoms with E-state index in [2.05, 4.69) is 24.2 Å². The Morgan fingerprint density at radius 1 is 1.22 bits per heavy atom. The molecule has 94 valence electrons. The lowest BCUT2D eigenvalue weighted by molar-refractivity contribution is 0.415. The average molecular weight is 241 g/mol. The molecule has 1 aromatic carbocycles. The highest BCUT2D eigenvalue weighted by Crippen LogP contribution is 2.37. The second-order valence-electron chi connectivity index (χ2n) is 5.20. The van der Waals surface area contributed by atoms with E-state index < -0.39 is 0 Å². The normalized spacial score (nSPS) is 16.3. The summed E-state index contributed by atoms with van der Waals surface area (Å²) in [6.45, 7) is 2.23. The smallest absolute Gasteiger partial charge is 0.121 e. The molecular formula is C16H19NO. The monoisotopic (exact) mass is 241 g/mol. The van der Waals surface area contributed by atoms with Crippen LogP contribution in [0.15, 0.2) is 24.4 Å². The second-order valence-corrected chi connectivity index (χ2v) is 5.20. The van der Waals surface area contributed by atoms with E-state index >= 15 is 0 Å². The molecular weight excluding hydrogens is 222 g/mol. The summed E-state index contributed by atoms with van der Waals surface area (Å²) in [4.78, 5) is 4.62. The first-order valence-corrected chi connectivity index (χ1v) is 6.73. The van der Waals surface area contributed by atoms with Crippen molar-refractivity contribution < 1.29 is 4.74 Å². The molecule has 0 spiro atoms. The number of pyridine rings is 1. The molecule has 3 rings (SSSR count). The molecule has 18 heavy (non-hydrogen) atoms. The molecule has 1 aliphatic carbocycles. The molecule has 0 N–H and O–H groups in total. The third-order valence-electron chi connectivity index (χ3n) is 4.18. The Kier molecular flexibility index (Phi) is 2.94. The van der Waals surface area contributed by atoms with Gasteiger partial charge in [-0.05, 0) is 48.9 Å². The number of fused-ring (bicyclic) bond motifs is 1. The van der Waals surface area contributed by atoms with Crippen molar-refractivity contribution in [3.05, 3.63) is 35.5 Å². The van der Waals surface area contributed by atoms with Crippen LogP contribution >= 0.6 is 0 Å². The molecule has 0 radical (unpaired) electrons. The van der Waals surface area contributed by atoms with Crippen LogP contribution in [0.2, 0.25) is 0 Å². The molecule has 0 amide bonds. The van der Waals surface area contributed by atoms with Gasteiger partial charge in [-0.3, -0.25) is 4.98 Å². The lowest BCUT2D eigenvalue weighted by Crippen LogP contribution is -1.98. The minimum absolute atomic E-state index is 0.726. The van der Waals surface area contributed by atoms with Gasteiger partial charge in [0.2, 0.25) is 0 Å². The minimum Gasteiger partial charge on any atom is -0.497 e. The SMILES string of the molecule is COc1ccc2c(C)c(C3CCCC3)cnc2c1. The second kappa shape index (κ2) is 4.60. The number of nitrogens with zero attached hydrogens (tertiary/aromatic N) is 1. The molecule has 2 nitrogen and oxygen atoms in total. The Bertz CT molecular complexity index is 571. The van der Waals surface area contributed by atoms with Gasteiger partial charge in [0, 0.05) is 17.6 Å². The number of rotatable bonds is 2. The first-order valence-electron chi connectivity index (χ1n) is 6.73. The van der Waals surface area contributed by atoms with Crippen molar-refractivity contribution in [1.29, 1.82) is 0 Å². The summed E-state index contributed by atoms with van der Waals surface area (Å²) < 4.78 is 5.25. The molecule has 0 atom stereocenters. The van der Waals surface area contributed by atoms with Gasteiger partial charge in [-0.2, -0.15) is 0 Å². The van der Waals surface area contributed by atoms with Crippen molar-refractivity contribution in [3.8, 4) is 5.75 Å². The molecule has 0 unspecified atom stereocenters. The van der Waals surface area contributed by atoms with Crippen LogP contribution in [-0.2, 0) is 0 Å². The highest BCUT2D eigenvalue weighted by molar-refractivity contribution is 5.84. The topological polar surface area (TPSA) is 22.1 Å². The molecule has 1 heterocycles. The molecule has 0 bridgehead atoms. The van der Waals surface area contributed by atoms with Crippen molar-refractivity contribution >= 4 is 10.9 Å². The summed E-state index contributed by atoms with van der Waals surface area (Å²) in [5.74, 6) is 1.60. The summed E-state index contributed by atoms with van der Waals surface area (Å²) in [5.41, 5.74) is 3.88. The van der Waals surface area contributed by atoms with Crippen LogP contribution in [0.5, 0.6) is 5.75 Å². The highest BCUT2D eigenvalue weighted by atomic mass is 16.5. The third-order valence-corrected chi connectivity index (χ3v) is 4.18. The quantitative estimate of drug-likeness (QED) is 0.785. The van der Waals surface area contributed by atoms with Gasteiger partial charge in [-0.1, -0.05) is 12.8 Å². The number of benzene rings is 1. The number of hydrogen-bond acceptors (Lipinski definition) is 2. The molecule has 1 aliphatic rings. The van der Waals surface area contributed by atoms with Gasteiger partial charge in [0.05, 0.1) is 12.6 Å². The zero-order chi connectivity index (χ0) is 12.5. The van der Waals surface area contributed by atoms with Crippen LogP contribution < -0.4 is 4.74 Å². The molecule has 0 saturated heterocycles. The number of aromatic nitrogens is 1. The summed E-state index contributed by atoms with van der Waals surface area (Å²) in [5, 5.41) is 1.26. The van der Waals surface area contributed by atoms with Crippen molar-refractivity contribution in [2.75, 3.05) is 7.11 Å². The Morgan fingerprint density at radius 3 is 2.72 bits per heavy atom.